The molecule has 2 aromatic rings. The van der Waals surface area contributed by atoms with Gasteiger partial charge in [-0.25, -0.2) is 4.79 Å². The smallest absolute Gasteiger partial charge is 0.317 e. The van der Waals surface area contributed by atoms with Gasteiger partial charge in [0.05, 0.1) is 0 Å². The molecule has 1 aliphatic rings. The van der Waals surface area contributed by atoms with Crippen molar-refractivity contribution >= 4 is 22.7 Å². The lowest BCUT2D eigenvalue weighted by Gasteiger charge is -2.42. The lowest BCUT2D eigenvalue weighted by molar-refractivity contribution is 0.0743. The predicted molar refractivity (Wildman–Crippen MR) is 108 cm³/mol. The maximum absolute atomic E-state index is 13.1. The van der Waals surface area contributed by atoms with Gasteiger partial charge in [-0.1, -0.05) is 24.3 Å². The summed E-state index contributed by atoms with van der Waals surface area (Å²) in [4.78, 5) is 31.3. The van der Waals surface area contributed by atoms with Gasteiger partial charge in [0.25, 0.3) is 5.91 Å². The van der Waals surface area contributed by atoms with E-state index in [0.29, 0.717) is 51.2 Å². The summed E-state index contributed by atoms with van der Waals surface area (Å²) < 4.78 is 5.28. The Hall–Kier alpha value is -2.67. The van der Waals surface area contributed by atoms with E-state index in [1.807, 2.05) is 37.3 Å². The lowest BCUT2D eigenvalue weighted by Crippen LogP contribution is -2.57. The molecule has 1 aliphatic heterocycles. The van der Waals surface area contributed by atoms with Gasteiger partial charge in [0, 0.05) is 50.5 Å². The van der Waals surface area contributed by atoms with E-state index in [0.717, 1.165) is 10.8 Å². The summed E-state index contributed by atoms with van der Waals surface area (Å²) >= 11 is 0. The average molecular weight is 384 g/mol. The standard InChI is InChI=1S/C21H28N4O3/c1-3-22-20(27)25-13-9-21(10-14-25,11-15-28-2)24-19(26)18-17-7-5-4-6-16(17)8-12-23-18/h4-8,12H,3,9-11,13-15H2,1-2H3,(H,22,27)(H,24,26). The van der Waals surface area contributed by atoms with Gasteiger partial charge in [0.2, 0.25) is 0 Å². The normalized spacial score (nSPS) is 16.0. The highest BCUT2D eigenvalue weighted by Gasteiger charge is 2.37. The molecule has 0 spiro atoms. The number of pyridine rings is 1. The third kappa shape index (κ3) is 4.42. The quantitative estimate of drug-likeness (QED) is 0.802. The van der Waals surface area contributed by atoms with E-state index in [1.54, 1.807) is 18.2 Å². The maximum Gasteiger partial charge on any atom is 0.317 e. The number of benzene rings is 1. The molecule has 28 heavy (non-hydrogen) atoms. The zero-order valence-electron chi connectivity index (χ0n) is 16.5. The van der Waals surface area contributed by atoms with Crippen LogP contribution in [0.4, 0.5) is 4.79 Å². The van der Waals surface area contributed by atoms with Crippen LogP contribution >= 0.6 is 0 Å². The molecule has 2 heterocycles. The number of nitrogens with zero attached hydrogens (tertiary/aromatic N) is 2. The average Bonchev–Trinajstić information content (AvgIpc) is 2.72. The summed E-state index contributed by atoms with van der Waals surface area (Å²) in [6.07, 6.45) is 3.73. The maximum atomic E-state index is 13.1. The molecule has 7 nitrogen and oxygen atoms in total. The monoisotopic (exact) mass is 384 g/mol. The fourth-order valence-electron chi connectivity index (χ4n) is 3.74. The molecule has 0 radical (unpaired) electrons. The second-order valence-corrected chi connectivity index (χ2v) is 7.18. The lowest BCUT2D eigenvalue weighted by atomic mass is 9.84. The van der Waals surface area contributed by atoms with Crippen LogP contribution in [0, 0.1) is 0 Å². The van der Waals surface area contributed by atoms with Crippen LogP contribution in [-0.4, -0.2) is 60.7 Å². The Kier molecular flexibility index (Phi) is 6.46. The van der Waals surface area contributed by atoms with Crippen molar-refractivity contribution in [2.45, 2.75) is 31.7 Å². The Labute approximate surface area is 165 Å². The van der Waals surface area contributed by atoms with Gasteiger partial charge in [0.15, 0.2) is 0 Å². The van der Waals surface area contributed by atoms with Crippen LogP contribution in [0.5, 0.6) is 0 Å². The number of likely N-dealkylation sites (tertiary alicyclic amines) is 1. The zero-order chi connectivity index (χ0) is 20.0. The Balaban J connectivity index is 1.77. The molecule has 7 heteroatoms. The number of carbonyl (C=O) groups excluding carboxylic acids is 2. The number of nitrogens with one attached hydrogen (secondary N) is 2. The van der Waals surface area contributed by atoms with Crippen LogP contribution < -0.4 is 10.6 Å². The topological polar surface area (TPSA) is 83.6 Å². The number of amides is 3. The largest absolute Gasteiger partial charge is 0.385 e. The molecule has 150 valence electrons. The van der Waals surface area contributed by atoms with Gasteiger partial charge < -0.3 is 20.3 Å². The summed E-state index contributed by atoms with van der Waals surface area (Å²) in [5, 5.41) is 7.89. The highest BCUT2D eigenvalue weighted by molar-refractivity contribution is 6.05. The molecule has 0 unspecified atom stereocenters. The fraction of sp³-hybridized carbons (Fsp3) is 0.476. The van der Waals surface area contributed by atoms with Crippen LogP contribution in [0.2, 0.25) is 0 Å². The molecule has 1 aromatic heterocycles. The first-order valence-electron chi connectivity index (χ1n) is 9.76. The number of carbonyl (C=O) groups is 2. The van der Waals surface area contributed by atoms with Gasteiger partial charge in [-0.3, -0.25) is 9.78 Å². The Morgan fingerprint density at radius 3 is 2.68 bits per heavy atom. The molecule has 3 amide bonds. The number of urea groups is 1. The SMILES string of the molecule is CCNC(=O)N1CCC(CCOC)(NC(=O)c2nccc3ccccc23)CC1. The van der Waals surface area contributed by atoms with Crippen LogP contribution in [0.25, 0.3) is 10.8 Å². The first-order chi connectivity index (χ1) is 13.6. The molecule has 3 rings (SSSR count). The molecule has 1 fully saturated rings. The van der Waals surface area contributed by atoms with Gasteiger partial charge in [-0.05, 0) is 37.6 Å². The minimum absolute atomic E-state index is 0.0510. The molecule has 0 saturated carbocycles. The first kappa shape index (κ1) is 20.1. The molecular weight excluding hydrogens is 356 g/mol. The number of hydrogen-bond acceptors (Lipinski definition) is 4. The van der Waals surface area contributed by atoms with Crippen LogP contribution in [0.1, 0.15) is 36.7 Å². The summed E-state index contributed by atoms with van der Waals surface area (Å²) in [5.41, 5.74) is 0.0235. The fourth-order valence-corrected chi connectivity index (χ4v) is 3.74. The van der Waals surface area contributed by atoms with Crippen molar-refractivity contribution in [2.75, 3.05) is 33.4 Å². The van der Waals surface area contributed by atoms with Crippen LogP contribution in [-0.2, 0) is 4.74 Å². The highest BCUT2D eigenvalue weighted by Crippen LogP contribution is 2.27. The number of aromatic nitrogens is 1. The summed E-state index contributed by atoms with van der Waals surface area (Å²) in [6, 6.07) is 9.59. The number of hydrogen-bond donors (Lipinski definition) is 2. The van der Waals surface area contributed by atoms with Crippen molar-refractivity contribution in [3.63, 3.8) is 0 Å². The minimum atomic E-state index is -0.408. The molecule has 1 saturated heterocycles. The highest BCUT2D eigenvalue weighted by atomic mass is 16.5. The van der Waals surface area contributed by atoms with Crippen molar-refractivity contribution in [3.8, 4) is 0 Å². The van der Waals surface area contributed by atoms with Crippen LogP contribution in [0.3, 0.4) is 0 Å². The Morgan fingerprint density at radius 2 is 1.96 bits per heavy atom. The third-order valence-corrected chi connectivity index (χ3v) is 5.39. The van der Waals surface area contributed by atoms with Crippen LogP contribution in [0.15, 0.2) is 36.5 Å². The Bertz CT molecular complexity index is 826. The second kappa shape index (κ2) is 9.01. The van der Waals surface area contributed by atoms with E-state index in [2.05, 4.69) is 15.6 Å². The van der Waals surface area contributed by atoms with E-state index >= 15 is 0 Å². The number of ether oxygens (including phenoxy) is 1. The molecule has 1 aromatic carbocycles. The molecule has 0 aliphatic carbocycles. The molecule has 0 bridgehead atoms. The number of fused-ring (bicyclic) bond motifs is 1. The van der Waals surface area contributed by atoms with Gasteiger partial charge in [0.1, 0.15) is 5.69 Å². The van der Waals surface area contributed by atoms with Gasteiger partial charge in [-0.2, -0.15) is 0 Å². The van der Waals surface area contributed by atoms with Crippen molar-refractivity contribution in [1.82, 2.24) is 20.5 Å². The molecular formula is C21H28N4O3. The van der Waals surface area contributed by atoms with E-state index in [-0.39, 0.29) is 11.9 Å². The van der Waals surface area contributed by atoms with Gasteiger partial charge in [-0.15, -0.1) is 0 Å². The van der Waals surface area contributed by atoms with Gasteiger partial charge >= 0.3 is 6.03 Å². The van der Waals surface area contributed by atoms with Crippen molar-refractivity contribution in [2.24, 2.45) is 0 Å². The third-order valence-electron chi connectivity index (χ3n) is 5.39. The minimum Gasteiger partial charge on any atom is -0.385 e. The van der Waals surface area contributed by atoms with E-state index < -0.39 is 5.54 Å². The van der Waals surface area contributed by atoms with E-state index in [1.165, 1.54) is 0 Å². The zero-order valence-corrected chi connectivity index (χ0v) is 16.5. The molecule has 2 N–H and O–H groups in total. The van der Waals surface area contributed by atoms with Crippen molar-refractivity contribution in [3.05, 3.63) is 42.2 Å². The van der Waals surface area contributed by atoms with Crippen molar-refractivity contribution in [1.29, 1.82) is 0 Å². The number of rotatable bonds is 6. The molecule has 0 atom stereocenters. The van der Waals surface area contributed by atoms with E-state index in [9.17, 15) is 9.59 Å². The number of methoxy groups -OCH3 is 1. The first-order valence-corrected chi connectivity index (χ1v) is 9.76. The second-order valence-electron chi connectivity index (χ2n) is 7.18. The van der Waals surface area contributed by atoms with Crippen molar-refractivity contribution < 1.29 is 14.3 Å². The van der Waals surface area contributed by atoms with E-state index in [4.69, 9.17) is 4.74 Å². The summed E-state index contributed by atoms with van der Waals surface area (Å²) in [5.74, 6) is -0.181. The summed E-state index contributed by atoms with van der Waals surface area (Å²) in [7, 11) is 1.66. The Morgan fingerprint density at radius 1 is 1.21 bits per heavy atom. The summed E-state index contributed by atoms with van der Waals surface area (Å²) in [6.45, 7) is 4.25. The predicted octanol–water partition coefficient (Wildman–Crippen LogP) is 2.57. The number of piperidine rings is 1.